The summed E-state index contributed by atoms with van der Waals surface area (Å²) in [4.78, 5) is 38.8. The number of aliphatic carboxylic acids is 3. The van der Waals surface area contributed by atoms with Crippen LogP contribution in [0.15, 0.2) is 61.1 Å². The van der Waals surface area contributed by atoms with Crippen molar-refractivity contribution in [1.82, 2.24) is 19.7 Å². The molecule has 188 valence electrons. The number of aromatic nitrogens is 4. The summed E-state index contributed by atoms with van der Waals surface area (Å²) >= 11 is 0. The molecule has 0 aliphatic rings. The summed E-state index contributed by atoms with van der Waals surface area (Å²) < 4.78 is 19.9. The number of ether oxygens (including phenoxy) is 1. The summed E-state index contributed by atoms with van der Waals surface area (Å²) in [6, 6.07) is 11.9. The van der Waals surface area contributed by atoms with Crippen LogP contribution in [0.5, 0.6) is 5.88 Å². The first-order valence-corrected chi connectivity index (χ1v) is 10.4. The zero-order valence-corrected chi connectivity index (χ0v) is 18.6. The number of nitrogens with one attached hydrogen (secondary N) is 1. The quantitative estimate of drug-likeness (QED) is 0.211. The lowest BCUT2D eigenvalue weighted by Crippen LogP contribution is -2.35. The minimum atomic E-state index is -2.07. The van der Waals surface area contributed by atoms with Crippen molar-refractivity contribution in [2.24, 2.45) is 5.73 Å². The van der Waals surface area contributed by atoms with Crippen molar-refractivity contribution in [3.63, 3.8) is 0 Å². The molecule has 0 fully saturated rings. The van der Waals surface area contributed by atoms with E-state index in [0.717, 1.165) is 5.69 Å². The van der Waals surface area contributed by atoms with Gasteiger partial charge in [0.05, 0.1) is 23.8 Å². The Kier molecular flexibility index (Phi) is 8.30. The number of carbonyl (C=O) groups is 3. The Morgan fingerprint density at radius 1 is 1.06 bits per heavy atom. The van der Waals surface area contributed by atoms with E-state index in [-0.39, 0.29) is 24.7 Å². The van der Waals surface area contributed by atoms with Gasteiger partial charge in [0, 0.05) is 18.3 Å². The molecule has 2 aromatic carbocycles. The molecule has 0 aliphatic heterocycles. The van der Waals surface area contributed by atoms with Gasteiger partial charge in [-0.25, -0.2) is 19.0 Å². The molecule has 0 saturated carbocycles. The van der Waals surface area contributed by atoms with Crippen molar-refractivity contribution in [3.05, 3.63) is 78.1 Å². The molecule has 0 spiro atoms. The van der Waals surface area contributed by atoms with Gasteiger partial charge in [0.2, 0.25) is 5.88 Å². The van der Waals surface area contributed by atoms with Gasteiger partial charge in [-0.1, -0.05) is 24.3 Å². The fourth-order valence-electron chi connectivity index (χ4n) is 3.15. The average Bonchev–Trinajstić information content (AvgIpc) is 3.46. The van der Waals surface area contributed by atoms with Crippen LogP contribution in [0, 0.1) is 5.82 Å². The van der Waals surface area contributed by atoms with Crippen LogP contribution in [0.25, 0.3) is 10.9 Å². The second kappa shape index (κ2) is 11.6. The number of nitrogens with two attached hydrogens (primary N) is 1. The molecule has 0 amide bonds. The van der Waals surface area contributed by atoms with Crippen LogP contribution in [0.2, 0.25) is 0 Å². The van der Waals surface area contributed by atoms with Crippen molar-refractivity contribution in [3.8, 4) is 5.88 Å². The third-order valence-electron chi connectivity index (χ3n) is 4.84. The lowest BCUT2D eigenvalue weighted by molar-refractivity contribution is -0.159. The Labute approximate surface area is 202 Å². The van der Waals surface area contributed by atoms with Gasteiger partial charge in [-0.3, -0.25) is 9.48 Å². The molecule has 6 N–H and O–H groups in total. The van der Waals surface area contributed by atoms with E-state index in [4.69, 9.17) is 25.8 Å². The maximum Gasteiger partial charge on any atom is 0.356 e. The Hall–Kier alpha value is -4.78. The summed E-state index contributed by atoms with van der Waals surface area (Å²) in [7, 11) is 0. The standard InChI is InChI=1S/C17H13FN2O5.C6H9N3O2/c18-11-5-3-4-10(8-11)9-20-13-7-2-1-6-12(13)15(19-20)25-14(16(21)22)17(23)24;7-5(6(10)11)1-4-2-8-3-9-4/h1-8,14H,9H2,(H,21,22)(H,23,24);2-3,5H,1,7H2,(H,8,9)(H,10,11)/t;5-/m.0/s1. The molecule has 12 nitrogen and oxygen atoms in total. The summed E-state index contributed by atoms with van der Waals surface area (Å²) in [5, 5.41) is 31.0. The van der Waals surface area contributed by atoms with E-state index in [9.17, 15) is 18.8 Å². The molecule has 0 radical (unpaired) electrons. The fourth-order valence-corrected chi connectivity index (χ4v) is 3.15. The lowest BCUT2D eigenvalue weighted by atomic mass is 10.2. The number of fused-ring (bicyclic) bond motifs is 1. The van der Waals surface area contributed by atoms with E-state index in [1.54, 1.807) is 42.6 Å². The normalized spacial score (nSPS) is 11.5. The summed E-state index contributed by atoms with van der Waals surface area (Å²) in [6.45, 7) is 0.215. The van der Waals surface area contributed by atoms with Gasteiger partial charge in [0.1, 0.15) is 11.9 Å². The number of para-hydroxylation sites is 1. The zero-order valence-electron chi connectivity index (χ0n) is 18.6. The van der Waals surface area contributed by atoms with Gasteiger partial charge >= 0.3 is 17.9 Å². The molecule has 36 heavy (non-hydrogen) atoms. The first kappa shape index (κ1) is 25.8. The molecule has 2 heterocycles. The number of carboxylic acids is 3. The van der Waals surface area contributed by atoms with Crippen molar-refractivity contribution >= 4 is 28.8 Å². The van der Waals surface area contributed by atoms with Gasteiger partial charge in [-0.15, -0.1) is 5.10 Å². The first-order valence-electron chi connectivity index (χ1n) is 10.4. The molecule has 13 heteroatoms. The van der Waals surface area contributed by atoms with Crippen LogP contribution in [-0.2, 0) is 27.3 Å². The third-order valence-corrected chi connectivity index (χ3v) is 4.84. The molecular weight excluding hydrogens is 477 g/mol. The van der Waals surface area contributed by atoms with Crippen molar-refractivity contribution in [1.29, 1.82) is 0 Å². The summed E-state index contributed by atoms with van der Waals surface area (Å²) in [5.41, 5.74) is 7.25. The van der Waals surface area contributed by atoms with Gasteiger partial charge in [0.25, 0.3) is 6.10 Å². The van der Waals surface area contributed by atoms with Crippen molar-refractivity contribution < 1.29 is 38.8 Å². The molecular formula is C23H22FN5O7. The molecule has 2 aromatic heterocycles. The molecule has 4 aromatic rings. The molecule has 4 rings (SSSR count). The first-order chi connectivity index (χ1) is 17.2. The van der Waals surface area contributed by atoms with E-state index >= 15 is 0 Å². The highest BCUT2D eigenvalue weighted by molar-refractivity contribution is 5.97. The predicted octanol–water partition coefficient (Wildman–Crippen LogP) is 1.50. The molecule has 0 bridgehead atoms. The van der Waals surface area contributed by atoms with Gasteiger partial charge < -0.3 is 30.8 Å². The van der Waals surface area contributed by atoms with Crippen LogP contribution in [0.3, 0.4) is 0 Å². The smallest absolute Gasteiger partial charge is 0.356 e. The number of rotatable bonds is 9. The van der Waals surface area contributed by atoms with E-state index in [2.05, 4.69) is 15.1 Å². The van der Waals surface area contributed by atoms with Crippen molar-refractivity contribution in [2.75, 3.05) is 0 Å². The highest BCUT2D eigenvalue weighted by atomic mass is 19.1. The Morgan fingerprint density at radius 2 is 1.78 bits per heavy atom. The van der Waals surface area contributed by atoms with Gasteiger partial charge in [-0.2, -0.15) is 0 Å². The van der Waals surface area contributed by atoms with E-state index in [0.29, 0.717) is 16.5 Å². The van der Waals surface area contributed by atoms with Crippen LogP contribution in [-0.4, -0.2) is 65.1 Å². The van der Waals surface area contributed by atoms with E-state index < -0.39 is 30.1 Å². The fraction of sp³-hybridized carbons (Fsp3) is 0.174. The topological polar surface area (TPSA) is 194 Å². The molecule has 0 aliphatic carbocycles. The average molecular weight is 499 g/mol. The number of H-pyrrole nitrogens is 1. The third kappa shape index (κ3) is 6.64. The Balaban J connectivity index is 0.000000275. The second-order valence-corrected chi connectivity index (χ2v) is 7.51. The number of imidazole rings is 1. The Morgan fingerprint density at radius 3 is 2.39 bits per heavy atom. The van der Waals surface area contributed by atoms with Gasteiger partial charge in [0.15, 0.2) is 0 Å². The number of benzene rings is 2. The van der Waals surface area contributed by atoms with Crippen LogP contribution < -0.4 is 10.5 Å². The minimum Gasteiger partial charge on any atom is -0.480 e. The van der Waals surface area contributed by atoms with Crippen LogP contribution in [0.4, 0.5) is 4.39 Å². The molecule has 0 unspecified atom stereocenters. The number of hydrogen-bond acceptors (Lipinski definition) is 7. The highest BCUT2D eigenvalue weighted by Gasteiger charge is 2.30. The number of hydrogen-bond donors (Lipinski definition) is 5. The number of nitrogens with zero attached hydrogens (tertiary/aromatic N) is 3. The van der Waals surface area contributed by atoms with Crippen LogP contribution >= 0.6 is 0 Å². The number of halogens is 1. The van der Waals surface area contributed by atoms with Crippen molar-refractivity contribution in [2.45, 2.75) is 25.1 Å². The van der Waals surface area contributed by atoms with E-state index in [1.165, 1.54) is 23.1 Å². The second-order valence-electron chi connectivity index (χ2n) is 7.51. The number of carboxylic acid groups (broad SMARTS) is 3. The molecule has 1 atom stereocenters. The summed E-state index contributed by atoms with van der Waals surface area (Å²) in [6.07, 6.45) is 1.27. The van der Waals surface area contributed by atoms with E-state index in [1.807, 2.05) is 0 Å². The summed E-state index contributed by atoms with van der Waals surface area (Å²) in [5.74, 6) is -4.75. The largest absolute Gasteiger partial charge is 0.480 e. The monoisotopic (exact) mass is 499 g/mol. The maximum absolute atomic E-state index is 13.4. The SMILES string of the molecule is N[C@@H](Cc1cnc[nH]1)C(=O)O.O=C(O)C(Oc1nn(Cc2cccc(F)c2)c2ccccc12)C(=O)O. The zero-order chi connectivity index (χ0) is 26.2. The predicted molar refractivity (Wildman–Crippen MR) is 123 cm³/mol. The minimum absolute atomic E-state index is 0.109. The van der Waals surface area contributed by atoms with Gasteiger partial charge in [-0.05, 0) is 29.8 Å². The molecule has 0 saturated heterocycles. The number of aromatic amines is 1. The lowest BCUT2D eigenvalue weighted by Gasteiger charge is -2.08. The maximum atomic E-state index is 13.4. The van der Waals surface area contributed by atoms with Crippen LogP contribution in [0.1, 0.15) is 11.3 Å². The Bertz CT molecular complexity index is 1340. The highest BCUT2D eigenvalue weighted by Crippen LogP contribution is 2.26.